The summed E-state index contributed by atoms with van der Waals surface area (Å²) in [5, 5.41) is 0. The van der Waals surface area contributed by atoms with E-state index in [1.54, 1.807) is 12.1 Å². The molecule has 0 radical (unpaired) electrons. The third-order valence-electron chi connectivity index (χ3n) is 3.32. The summed E-state index contributed by atoms with van der Waals surface area (Å²) in [5.74, 6) is 0.0664. The van der Waals surface area contributed by atoms with E-state index in [1.165, 1.54) is 12.1 Å². The van der Waals surface area contributed by atoms with Gasteiger partial charge in [0.2, 0.25) is 10.0 Å². The molecular weight excluding hydrogens is 286 g/mol. The minimum atomic E-state index is -3.46. The van der Waals surface area contributed by atoms with Gasteiger partial charge in [0, 0.05) is 18.5 Å². The molecule has 1 rings (SSSR count). The molecule has 118 valence electrons. The fraction of sp³-hybridized carbons (Fsp3) is 0.562. The lowest BCUT2D eigenvalue weighted by Gasteiger charge is -2.07. The van der Waals surface area contributed by atoms with Crippen LogP contribution in [0.4, 0.5) is 0 Å². The predicted octanol–water partition coefficient (Wildman–Crippen LogP) is 3.53. The Balaban J connectivity index is 2.66. The van der Waals surface area contributed by atoms with E-state index in [0.717, 1.165) is 32.1 Å². The summed E-state index contributed by atoms with van der Waals surface area (Å²) in [4.78, 5) is 12.1. The maximum Gasteiger partial charge on any atom is 0.240 e. The zero-order valence-corrected chi connectivity index (χ0v) is 13.7. The first kappa shape index (κ1) is 17.9. The number of benzene rings is 1. The highest BCUT2D eigenvalue weighted by Crippen LogP contribution is 2.13. The minimum Gasteiger partial charge on any atom is -0.294 e. The van der Waals surface area contributed by atoms with Crippen molar-refractivity contribution >= 4 is 15.8 Å². The number of hydrogen-bond acceptors (Lipinski definition) is 3. The van der Waals surface area contributed by atoms with Crippen LogP contribution in [-0.4, -0.2) is 20.7 Å². The van der Waals surface area contributed by atoms with Gasteiger partial charge >= 0.3 is 0 Å². The summed E-state index contributed by atoms with van der Waals surface area (Å²) in [5.41, 5.74) is 0.577. The molecule has 5 heteroatoms. The van der Waals surface area contributed by atoms with Crippen molar-refractivity contribution in [3.63, 3.8) is 0 Å². The highest BCUT2D eigenvalue weighted by Gasteiger charge is 2.14. The summed E-state index contributed by atoms with van der Waals surface area (Å²) in [6, 6.07) is 6.19. The topological polar surface area (TPSA) is 63.2 Å². The van der Waals surface area contributed by atoms with Crippen LogP contribution < -0.4 is 4.72 Å². The summed E-state index contributed by atoms with van der Waals surface area (Å²) < 4.78 is 26.7. The number of ketones is 1. The third-order valence-corrected chi connectivity index (χ3v) is 4.79. The Hall–Kier alpha value is -1.20. The van der Waals surface area contributed by atoms with Gasteiger partial charge in [0.1, 0.15) is 0 Å². The van der Waals surface area contributed by atoms with Crippen LogP contribution >= 0.6 is 0 Å². The molecule has 0 spiro atoms. The standard InChI is InChI=1S/C16H25NO3S/c1-3-5-7-13-17-21(19,20)15-11-9-14(10-12-15)16(18)8-6-4-2/h9-12,17H,3-8,13H2,1-2H3. The molecule has 1 aromatic rings. The molecule has 0 aromatic heterocycles. The van der Waals surface area contributed by atoms with Crippen LogP contribution in [0.15, 0.2) is 29.2 Å². The van der Waals surface area contributed by atoms with Crippen molar-refractivity contribution in [2.75, 3.05) is 6.54 Å². The lowest BCUT2D eigenvalue weighted by Crippen LogP contribution is -2.24. The maximum atomic E-state index is 12.1. The van der Waals surface area contributed by atoms with Crippen LogP contribution in [0, 0.1) is 0 Å². The second-order valence-corrected chi connectivity index (χ2v) is 6.92. The molecule has 0 aliphatic heterocycles. The van der Waals surface area contributed by atoms with Gasteiger partial charge in [-0.25, -0.2) is 13.1 Å². The van der Waals surface area contributed by atoms with Gasteiger partial charge in [0.25, 0.3) is 0 Å². The lowest BCUT2D eigenvalue weighted by molar-refractivity contribution is 0.0979. The van der Waals surface area contributed by atoms with Gasteiger partial charge in [-0.3, -0.25) is 4.79 Å². The van der Waals surface area contributed by atoms with Gasteiger partial charge < -0.3 is 0 Å². The summed E-state index contributed by atoms with van der Waals surface area (Å²) in [7, 11) is -3.46. The van der Waals surface area contributed by atoms with Crippen molar-refractivity contribution in [2.45, 2.75) is 57.3 Å². The van der Waals surface area contributed by atoms with E-state index in [1.807, 2.05) is 6.92 Å². The highest BCUT2D eigenvalue weighted by atomic mass is 32.2. The normalized spacial score (nSPS) is 11.5. The monoisotopic (exact) mass is 311 g/mol. The zero-order valence-electron chi connectivity index (χ0n) is 12.9. The van der Waals surface area contributed by atoms with Crippen LogP contribution in [0.2, 0.25) is 0 Å². The van der Waals surface area contributed by atoms with Crippen molar-refractivity contribution < 1.29 is 13.2 Å². The number of Topliss-reactive ketones (excluding diaryl/α,β-unsaturated/α-hetero) is 1. The van der Waals surface area contributed by atoms with Gasteiger partial charge in [0.05, 0.1) is 4.90 Å². The molecule has 0 aliphatic rings. The molecule has 0 aliphatic carbocycles. The molecule has 21 heavy (non-hydrogen) atoms. The Morgan fingerprint density at radius 3 is 2.19 bits per heavy atom. The molecule has 4 nitrogen and oxygen atoms in total. The fourth-order valence-corrected chi connectivity index (χ4v) is 3.04. The number of nitrogens with one attached hydrogen (secondary N) is 1. The Bertz CT molecular complexity index is 535. The van der Waals surface area contributed by atoms with Crippen LogP contribution in [0.25, 0.3) is 0 Å². The number of rotatable bonds is 10. The minimum absolute atomic E-state index is 0.0664. The predicted molar refractivity (Wildman–Crippen MR) is 85.0 cm³/mol. The Kier molecular flexibility index (Phi) is 7.61. The second kappa shape index (κ2) is 8.95. The zero-order chi connectivity index (χ0) is 15.7. The average Bonchev–Trinajstić information content (AvgIpc) is 2.49. The molecule has 0 atom stereocenters. The first-order valence-corrected chi connectivity index (χ1v) is 9.12. The SMILES string of the molecule is CCCCCNS(=O)(=O)c1ccc(C(=O)CCCC)cc1. The summed E-state index contributed by atoms with van der Waals surface area (Å²) in [6.45, 7) is 4.56. The van der Waals surface area contributed by atoms with Gasteiger partial charge in [-0.2, -0.15) is 0 Å². The first-order chi connectivity index (χ1) is 10.0. The number of sulfonamides is 1. The van der Waals surface area contributed by atoms with E-state index in [0.29, 0.717) is 18.5 Å². The Morgan fingerprint density at radius 1 is 1.00 bits per heavy atom. The van der Waals surface area contributed by atoms with Crippen molar-refractivity contribution in [3.8, 4) is 0 Å². The Labute approximate surface area is 128 Å². The molecule has 1 aromatic carbocycles. The van der Waals surface area contributed by atoms with E-state index in [4.69, 9.17) is 0 Å². The van der Waals surface area contributed by atoms with Gasteiger partial charge in [0.15, 0.2) is 5.78 Å². The molecular formula is C16H25NO3S. The molecule has 0 saturated heterocycles. The van der Waals surface area contributed by atoms with E-state index in [2.05, 4.69) is 11.6 Å². The van der Waals surface area contributed by atoms with E-state index < -0.39 is 10.0 Å². The molecule has 0 unspecified atom stereocenters. The van der Waals surface area contributed by atoms with Crippen LogP contribution in [0.3, 0.4) is 0 Å². The number of carbonyl (C=O) groups is 1. The van der Waals surface area contributed by atoms with Gasteiger partial charge in [-0.1, -0.05) is 45.2 Å². The quantitative estimate of drug-likeness (QED) is 0.531. The molecule has 0 saturated carbocycles. The molecule has 1 N–H and O–H groups in total. The lowest BCUT2D eigenvalue weighted by atomic mass is 10.1. The average molecular weight is 311 g/mol. The second-order valence-electron chi connectivity index (χ2n) is 5.16. The van der Waals surface area contributed by atoms with E-state index in [9.17, 15) is 13.2 Å². The van der Waals surface area contributed by atoms with Crippen LogP contribution in [0.5, 0.6) is 0 Å². The van der Waals surface area contributed by atoms with Gasteiger partial charge in [-0.05, 0) is 25.0 Å². The molecule has 0 amide bonds. The van der Waals surface area contributed by atoms with Crippen molar-refractivity contribution in [1.29, 1.82) is 0 Å². The van der Waals surface area contributed by atoms with E-state index >= 15 is 0 Å². The molecule has 0 heterocycles. The number of hydrogen-bond donors (Lipinski definition) is 1. The summed E-state index contributed by atoms with van der Waals surface area (Å²) in [6.07, 6.45) is 5.24. The smallest absolute Gasteiger partial charge is 0.240 e. The largest absolute Gasteiger partial charge is 0.294 e. The van der Waals surface area contributed by atoms with Crippen LogP contribution in [-0.2, 0) is 10.0 Å². The van der Waals surface area contributed by atoms with Crippen molar-refractivity contribution in [2.24, 2.45) is 0 Å². The first-order valence-electron chi connectivity index (χ1n) is 7.64. The fourth-order valence-electron chi connectivity index (χ4n) is 1.97. The maximum absolute atomic E-state index is 12.1. The number of unbranched alkanes of at least 4 members (excludes halogenated alkanes) is 3. The van der Waals surface area contributed by atoms with Gasteiger partial charge in [-0.15, -0.1) is 0 Å². The summed E-state index contributed by atoms with van der Waals surface area (Å²) >= 11 is 0. The molecule has 0 fully saturated rings. The number of carbonyl (C=O) groups excluding carboxylic acids is 1. The van der Waals surface area contributed by atoms with E-state index in [-0.39, 0.29) is 10.7 Å². The Morgan fingerprint density at radius 2 is 1.62 bits per heavy atom. The third kappa shape index (κ3) is 5.98. The van der Waals surface area contributed by atoms with Crippen molar-refractivity contribution in [3.05, 3.63) is 29.8 Å². The van der Waals surface area contributed by atoms with Crippen LogP contribution in [0.1, 0.15) is 62.7 Å². The van der Waals surface area contributed by atoms with Crippen molar-refractivity contribution in [1.82, 2.24) is 4.72 Å². The highest BCUT2D eigenvalue weighted by molar-refractivity contribution is 7.89. The molecule has 0 bridgehead atoms.